The number of imidazole rings is 1. The van der Waals surface area contributed by atoms with E-state index in [1.807, 2.05) is 6.20 Å². The fourth-order valence-corrected chi connectivity index (χ4v) is 6.04. The van der Waals surface area contributed by atoms with Crippen LogP contribution < -0.4 is 0 Å². The van der Waals surface area contributed by atoms with Crippen LogP contribution in [-0.2, 0) is 22.8 Å². The highest BCUT2D eigenvalue weighted by Crippen LogP contribution is 2.28. The average molecular weight is 381 g/mol. The van der Waals surface area contributed by atoms with Crippen molar-refractivity contribution in [3.05, 3.63) is 29.4 Å². The van der Waals surface area contributed by atoms with Gasteiger partial charge in [0.1, 0.15) is 5.82 Å². The summed E-state index contributed by atoms with van der Waals surface area (Å²) in [6, 6.07) is 0.188. The van der Waals surface area contributed by atoms with Crippen molar-refractivity contribution in [3.63, 3.8) is 0 Å². The van der Waals surface area contributed by atoms with Crippen molar-refractivity contribution in [1.29, 1.82) is 0 Å². The second-order valence-corrected chi connectivity index (χ2v) is 10.1. The maximum Gasteiger partial charge on any atom is 0.153 e. The number of H-pyrrole nitrogens is 1. The highest BCUT2D eigenvalue weighted by atomic mass is 32.2. The van der Waals surface area contributed by atoms with Crippen molar-refractivity contribution in [2.24, 2.45) is 0 Å². The van der Waals surface area contributed by atoms with Crippen LogP contribution in [0, 0.1) is 0 Å². The second-order valence-electron chi connectivity index (χ2n) is 7.92. The van der Waals surface area contributed by atoms with Crippen molar-refractivity contribution in [2.45, 2.75) is 58.7 Å². The Morgan fingerprint density at radius 1 is 1.27 bits per heavy atom. The van der Waals surface area contributed by atoms with Gasteiger partial charge in [0, 0.05) is 56.6 Å². The Bertz CT molecular complexity index is 736. The summed E-state index contributed by atoms with van der Waals surface area (Å²) in [7, 11) is -2.96. The Labute approximate surface area is 157 Å². The van der Waals surface area contributed by atoms with Crippen molar-refractivity contribution in [1.82, 2.24) is 19.8 Å². The molecule has 0 unspecified atom stereocenters. The van der Waals surface area contributed by atoms with Gasteiger partial charge in [-0.3, -0.25) is 9.80 Å². The predicted octanol–water partition coefficient (Wildman–Crippen LogP) is 2.00. The number of unbranched alkanes of at least 4 members (excludes halogenated alkanes) is 1. The molecular weight excluding hydrogens is 348 g/mol. The molecule has 1 N–H and O–H groups in total. The quantitative estimate of drug-likeness (QED) is 0.733. The van der Waals surface area contributed by atoms with Crippen molar-refractivity contribution >= 4 is 9.84 Å². The van der Waals surface area contributed by atoms with Crippen molar-refractivity contribution in [3.8, 4) is 0 Å². The number of hydrogen-bond donors (Lipinski definition) is 1. The van der Waals surface area contributed by atoms with Gasteiger partial charge in [0.05, 0.1) is 11.5 Å². The standard InChI is InChI=1S/C19H32N4O2S/c1-4-5-6-19-20-11-16(21-19)12-23-10-9-22(8-7-15(2)3)17-13-26(24,25)14-18(17)23/h7,11,17-18H,4-6,8-10,12-14H2,1-3H3,(H,20,21)/t17-,18+/m0/s1. The smallest absolute Gasteiger partial charge is 0.153 e. The lowest BCUT2D eigenvalue weighted by molar-refractivity contribution is 0.0470. The van der Waals surface area contributed by atoms with Crippen LogP contribution in [0.3, 0.4) is 0 Å². The number of aromatic amines is 1. The summed E-state index contributed by atoms with van der Waals surface area (Å²) in [5.74, 6) is 1.61. The lowest BCUT2D eigenvalue weighted by Crippen LogP contribution is -2.58. The molecule has 0 radical (unpaired) electrons. The number of nitrogens with zero attached hydrogens (tertiary/aromatic N) is 3. The van der Waals surface area contributed by atoms with Gasteiger partial charge in [0.15, 0.2) is 9.84 Å². The minimum atomic E-state index is -2.96. The lowest BCUT2D eigenvalue weighted by atomic mass is 10.0. The first kappa shape index (κ1) is 19.6. The zero-order chi connectivity index (χ0) is 18.7. The fraction of sp³-hybridized carbons (Fsp3) is 0.737. The van der Waals surface area contributed by atoms with Crippen molar-refractivity contribution in [2.75, 3.05) is 31.1 Å². The number of nitrogens with one attached hydrogen (secondary N) is 1. The van der Waals surface area contributed by atoms with Gasteiger partial charge in [-0.1, -0.05) is 25.0 Å². The highest BCUT2D eigenvalue weighted by molar-refractivity contribution is 7.91. The van der Waals surface area contributed by atoms with E-state index in [1.165, 1.54) is 5.57 Å². The third kappa shape index (κ3) is 4.75. The van der Waals surface area contributed by atoms with Gasteiger partial charge < -0.3 is 4.98 Å². The molecule has 2 aliphatic heterocycles. The number of aryl methyl sites for hydroxylation is 1. The third-order valence-electron chi connectivity index (χ3n) is 5.46. The predicted molar refractivity (Wildman–Crippen MR) is 105 cm³/mol. The van der Waals surface area contributed by atoms with E-state index in [0.717, 1.165) is 57.0 Å². The molecule has 0 aromatic carbocycles. The number of sulfone groups is 1. The van der Waals surface area contributed by atoms with E-state index in [0.29, 0.717) is 0 Å². The number of piperazine rings is 1. The van der Waals surface area contributed by atoms with Gasteiger partial charge in [-0.25, -0.2) is 13.4 Å². The van der Waals surface area contributed by atoms with Gasteiger partial charge in [0.25, 0.3) is 0 Å². The topological polar surface area (TPSA) is 69.3 Å². The average Bonchev–Trinajstić information content (AvgIpc) is 3.15. The van der Waals surface area contributed by atoms with Gasteiger partial charge in [0.2, 0.25) is 0 Å². The summed E-state index contributed by atoms with van der Waals surface area (Å²) in [6.45, 7) is 9.78. The van der Waals surface area contributed by atoms with Crippen LogP contribution in [0.1, 0.15) is 45.1 Å². The Balaban J connectivity index is 1.69. The molecule has 26 heavy (non-hydrogen) atoms. The number of fused-ring (bicyclic) bond motifs is 1. The molecule has 2 fully saturated rings. The zero-order valence-electron chi connectivity index (χ0n) is 16.2. The number of aromatic nitrogens is 2. The largest absolute Gasteiger partial charge is 0.345 e. The third-order valence-corrected chi connectivity index (χ3v) is 7.16. The molecule has 2 aliphatic rings. The van der Waals surface area contributed by atoms with Crippen LogP contribution in [-0.4, -0.2) is 71.4 Å². The summed E-state index contributed by atoms with van der Waals surface area (Å²) in [5, 5.41) is 0. The summed E-state index contributed by atoms with van der Waals surface area (Å²) in [6.07, 6.45) is 7.39. The van der Waals surface area contributed by atoms with Crippen LogP contribution in [0.25, 0.3) is 0 Å². The first-order chi connectivity index (χ1) is 12.4. The zero-order valence-corrected chi connectivity index (χ0v) is 17.1. The molecule has 0 saturated carbocycles. The lowest BCUT2D eigenvalue weighted by Gasteiger charge is -2.43. The van der Waals surface area contributed by atoms with E-state index in [-0.39, 0.29) is 23.6 Å². The Morgan fingerprint density at radius 3 is 2.65 bits per heavy atom. The maximum absolute atomic E-state index is 12.3. The van der Waals surface area contributed by atoms with Crippen LogP contribution in [0.2, 0.25) is 0 Å². The molecule has 1 aromatic heterocycles. The van der Waals surface area contributed by atoms with Crippen LogP contribution in [0.15, 0.2) is 17.8 Å². The minimum Gasteiger partial charge on any atom is -0.345 e. The summed E-state index contributed by atoms with van der Waals surface area (Å²) >= 11 is 0. The van der Waals surface area contributed by atoms with Gasteiger partial charge >= 0.3 is 0 Å². The number of allylic oxidation sites excluding steroid dienone is 1. The summed E-state index contributed by atoms with van der Waals surface area (Å²) in [4.78, 5) is 12.6. The van der Waals surface area contributed by atoms with E-state index >= 15 is 0 Å². The van der Waals surface area contributed by atoms with E-state index in [4.69, 9.17) is 0 Å². The SMILES string of the molecule is CCCCc1ncc(CN2CCN(CC=C(C)C)[C@H]3CS(=O)(=O)C[C@H]32)[nH]1. The Morgan fingerprint density at radius 2 is 1.96 bits per heavy atom. The molecular formula is C19H32N4O2S. The molecule has 0 spiro atoms. The maximum atomic E-state index is 12.3. The molecule has 2 atom stereocenters. The van der Waals surface area contributed by atoms with E-state index in [9.17, 15) is 8.42 Å². The van der Waals surface area contributed by atoms with Crippen LogP contribution >= 0.6 is 0 Å². The molecule has 0 bridgehead atoms. The Hall–Kier alpha value is -1.18. The molecule has 0 aliphatic carbocycles. The van der Waals surface area contributed by atoms with E-state index in [1.54, 1.807) is 0 Å². The minimum absolute atomic E-state index is 0.0849. The molecule has 7 heteroatoms. The van der Waals surface area contributed by atoms with E-state index in [2.05, 4.69) is 46.6 Å². The van der Waals surface area contributed by atoms with Crippen molar-refractivity contribution < 1.29 is 8.42 Å². The van der Waals surface area contributed by atoms with Crippen LogP contribution in [0.5, 0.6) is 0 Å². The normalized spacial score (nSPS) is 26.0. The molecule has 3 heterocycles. The highest BCUT2D eigenvalue weighted by Gasteiger charge is 2.46. The van der Waals surface area contributed by atoms with Crippen LogP contribution in [0.4, 0.5) is 0 Å². The number of rotatable bonds is 7. The monoisotopic (exact) mass is 380 g/mol. The van der Waals surface area contributed by atoms with E-state index < -0.39 is 9.84 Å². The molecule has 1 aromatic rings. The molecule has 6 nitrogen and oxygen atoms in total. The van der Waals surface area contributed by atoms with Gasteiger partial charge in [-0.2, -0.15) is 0 Å². The molecule has 0 amide bonds. The molecule has 3 rings (SSSR count). The molecule has 146 valence electrons. The number of hydrogen-bond acceptors (Lipinski definition) is 5. The molecule has 2 saturated heterocycles. The first-order valence-corrected chi connectivity index (χ1v) is 11.5. The van der Waals surface area contributed by atoms with Gasteiger partial charge in [-0.05, 0) is 20.3 Å². The summed E-state index contributed by atoms with van der Waals surface area (Å²) < 4.78 is 24.6. The first-order valence-electron chi connectivity index (χ1n) is 9.72. The summed E-state index contributed by atoms with van der Waals surface area (Å²) in [5.41, 5.74) is 2.37. The van der Waals surface area contributed by atoms with Gasteiger partial charge in [-0.15, -0.1) is 0 Å². The fourth-order valence-electron chi connectivity index (χ4n) is 4.00. The Kier molecular flexibility index (Phi) is 6.20. The second kappa shape index (κ2) is 8.23.